The van der Waals surface area contributed by atoms with E-state index in [1.165, 1.54) is 13.3 Å². The minimum atomic E-state index is -4.82. The third-order valence-corrected chi connectivity index (χ3v) is 7.87. The highest BCUT2D eigenvalue weighted by atomic mass is 32.5. The highest BCUT2D eigenvalue weighted by Gasteiger charge is 2.50. The number of aromatic amines is 1. The van der Waals surface area contributed by atoms with E-state index in [0.717, 1.165) is 10.6 Å². The summed E-state index contributed by atoms with van der Waals surface area (Å²) in [5.74, 6) is 0. The molecule has 0 radical (unpaired) electrons. The Morgan fingerprint density at radius 2 is 1.96 bits per heavy atom. The van der Waals surface area contributed by atoms with E-state index < -0.39 is 62.4 Å². The fraction of sp³-hybridized carbons (Fsp3) is 0.692. The molecule has 1 aliphatic rings. The summed E-state index contributed by atoms with van der Waals surface area (Å²) in [6.07, 6.45) is -3.18. The topological polar surface area (TPSA) is 170 Å². The molecule has 0 saturated carbocycles. The van der Waals surface area contributed by atoms with Crippen LogP contribution in [-0.4, -0.2) is 61.9 Å². The van der Waals surface area contributed by atoms with Crippen LogP contribution >= 0.6 is 14.3 Å². The van der Waals surface area contributed by atoms with E-state index in [4.69, 9.17) is 35.6 Å². The number of nitrogens with one attached hydrogen (secondary N) is 1. The molecule has 12 nitrogen and oxygen atoms in total. The van der Waals surface area contributed by atoms with E-state index in [9.17, 15) is 19.0 Å². The fourth-order valence-electron chi connectivity index (χ4n) is 2.54. The van der Waals surface area contributed by atoms with Gasteiger partial charge in [-0.05, 0) is 11.8 Å². The zero-order valence-electron chi connectivity index (χ0n) is 15.2. The predicted molar refractivity (Wildman–Crippen MR) is 101 cm³/mol. The molecule has 2 heterocycles. The van der Waals surface area contributed by atoms with Gasteiger partial charge in [0.05, 0.1) is 6.61 Å². The lowest BCUT2D eigenvalue weighted by Gasteiger charge is -2.29. The van der Waals surface area contributed by atoms with Crippen LogP contribution in [0.15, 0.2) is 21.9 Å². The molecular weight excluding hydrogens is 438 g/mol. The molecule has 0 aliphatic carbocycles. The number of phosphoric acid groups is 1. The molecule has 28 heavy (non-hydrogen) atoms. The van der Waals surface area contributed by atoms with Crippen LogP contribution in [0.5, 0.6) is 0 Å². The molecule has 160 valence electrons. The standard InChI is InChI=1S/C13H22N2O10P2S/c1-7(2)26(18,28)25-10-8(6-23-27(19,20)21)24-12(11(10)22-3)15-5-4-9(16)14-13(15)17/h4-5,7-8,10-12H,6H2,1-3H3,(H,18,28)(H,14,16,17)(H2,19,20,21)/t8-,10-,11-,12-,26?/m1/s1. The Labute approximate surface area is 164 Å². The van der Waals surface area contributed by atoms with Crippen LogP contribution in [-0.2, 0) is 34.9 Å². The molecule has 1 aromatic heterocycles. The van der Waals surface area contributed by atoms with Gasteiger partial charge in [0.2, 0.25) is 0 Å². The van der Waals surface area contributed by atoms with E-state index in [0.29, 0.717) is 0 Å². The van der Waals surface area contributed by atoms with Crippen molar-refractivity contribution in [3.63, 3.8) is 0 Å². The first kappa shape index (κ1) is 23.6. The minimum absolute atomic E-state index is 0.418. The first-order chi connectivity index (χ1) is 12.9. The average Bonchev–Trinajstić information content (AvgIpc) is 2.88. The molecule has 1 unspecified atom stereocenters. The van der Waals surface area contributed by atoms with Crippen molar-refractivity contribution in [3.8, 4) is 0 Å². The molecule has 0 bridgehead atoms. The van der Waals surface area contributed by atoms with Crippen molar-refractivity contribution in [2.45, 2.75) is 44.0 Å². The SMILES string of the molecule is CO[C@@H]1[C@H](OP(O)(=S)C(C)C)[C@@H](COP(=O)(O)O)O[C@H]1n1ccc(=O)[nH]c1=O. The van der Waals surface area contributed by atoms with Gasteiger partial charge >= 0.3 is 13.5 Å². The molecule has 4 N–H and O–H groups in total. The number of ether oxygens (including phenoxy) is 2. The second kappa shape index (κ2) is 8.97. The summed E-state index contributed by atoms with van der Waals surface area (Å²) in [4.78, 5) is 53.9. The first-order valence-corrected chi connectivity index (χ1v) is 12.3. The Balaban J connectivity index is 2.41. The highest BCUT2D eigenvalue weighted by molar-refractivity contribution is 8.09. The zero-order valence-corrected chi connectivity index (χ0v) is 17.8. The van der Waals surface area contributed by atoms with Gasteiger partial charge in [0.1, 0.15) is 18.3 Å². The largest absolute Gasteiger partial charge is 0.469 e. The maximum Gasteiger partial charge on any atom is 0.469 e. The lowest BCUT2D eigenvalue weighted by molar-refractivity contribution is -0.0620. The second-order valence-corrected chi connectivity index (χ2v) is 11.5. The third kappa shape index (κ3) is 5.67. The Morgan fingerprint density at radius 3 is 2.46 bits per heavy atom. The minimum Gasteiger partial charge on any atom is -0.374 e. The van der Waals surface area contributed by atoms with Gasteiger partial charge in [-0.1, -0.05) is 13.8 Å². The van der Waals surface area contributed by atoms with Gasteiger partial charge in [0.15, 0.2) is 12.7 Å². The summed E-state index contributed by atoms with van der Waals surface area (Å²) in [5.41, 5.74) is -1.83. The number of hydrogen-bond donors (Lipinski definition) is 4. The molecule has 2 rings (SSSR count). The van der Waals surface area contributed by atoms with E-state index >= 15 is 0 Å². The predicted octanol–water partition coefficient (Wildman–Crippen LogP) is -0.346. The van der Waals surface area contributed by atoms with E-state index in [1.54, 1.807) is 13.8 Å². The van der Waals surface area contributed by atoms with Crippen molar-refractivity contribution in [1.82, 2.24) is 9.55 Å². The summed E-state index contributed by atoms with van der Waals surface area (Å²) < 4.78 is 33.3. The molecule has 0 spiro atoms. The summed E-state index contributed by atoms with van der Waals surface area (Å²) in [6.45, 7) is -0.627. The van der Waals surface area contributed by atoms with Crippen molar-refractivity contribution in [2.75, 3.05) is 13.7 Å². The van der Waals surface area contributed by atoms with Crippen LogP contribution < -0.4 is 11.2 Å². The Morgan fingerprint density at radius 1 is 1.32 bits per heavy atom. The summed E-state index contributed by atoms with van der Waals surface area (Å²) in [7, 11) is -3.52. The lowest BCUT2D eigenvalue weighted by Crippen LogP contribution is -2.40. The van der Waals surface area contributed by atoms with E-state index in [-0.39, 0.29) is 0 Å². The molecular formula is C13H22N2O10P2S. The van der Waals surface area contributed by atoms with Crippen molar-refractivity contribution < 1.29 is 37.8 Å². The quantitative estimate of drug-likeness (QED) is 0.374. The van der Waals surface area contributed by atoms with Gasteiger partial charge in [-0.3, -0.25) is 18.9 Å². The van der Waals surface area contributed by atoms with E-state index in [1.807, 2.05) is 0 Å². The van der Waals surface area contributed by atoms with Gasteiger partial charge in [0.25, 0.3) is 5.56 Å². The smallest absolute Gasteiger partial charge is 0.374 e. The molecule has 1 aliphatic heterocycles. The number of hydrogen-bond acceptors (Lipinski definition) is 8. The normalized spacial score (nSPS) is 27.8. The van der Waals surface area contributed by atoms with Crippen molar-refractivity contribution in [2.24, 2.45) is 0 Å². The number of H-pyrrole nitrogens is 1. The van der Waals surface area contributed by atoms with Crippen LogP contribution in [0.3, 0.4) is 0 Å². The summed E-state index contributed by atoms with van der Waals surface area (Å²) >= 11 is 5.14. The van der Waals surface area contributed by atoms with Crippen LogP contribution in [0.25, 0.3) is 0 Å². The number of methoxy groups -OCH3 is 1. The fourth-order valence-corrected chi connectivity index (χ4v) is 4.03. The van der Waals surface area contributed by atoms with Gasteiger partial charge in [-0.2, -0.15) is 0 Å². The Kier molecular flexibility index (Phi) is 7.54. The monoisotopic (exact) mass is 460 g/mol. The van der Waals surface area contributed by atoms with Gasteiger partial charge in [-0.25, -0.2) is 9.36 Å². The first-order valence-electron chi connectivity index (χ1n) is 8.06. The average molecular weight is 460 g/mol. The number of aromatic nitrogens is 2. The number of nitrogens with zero attached hydrogens (tertiary/aromatic N) is 1. The molecule has 0 aromatic carbocycles. The molecule has 0 amide bonds. The molecule has 15 heteroatoms. The Bertz CT molecular complexity index is 896. The van der Waals surface area contributed by atoms with Crippen molar-refractivity contribution in [1.29, 1.82) is 0 Å². The van der Waals surface area contributed by atoms with Crippen LogP contribution in [0, 0.1) is 0 Å². The summed E-state index contributed by atoms with van der Waals surface area (Å²) in [5, 5.41) is 0. The highest BCUT2D eigenvalue weighted by Crippen LogP contribution is 2.52. The molecule has 5 atom stereocenters. The van der Waals surface area contributed by atoms with Crippen LogP contribution in [0.2, 0.25) is 0 Å². The number of rotatable bonds is 8. The Hall–Kier alpha value is -0.720. The van der Waals surface area contributed by atoms with E-state index in [2.05, 4.69) is 9.51 Å². The maximum atomic E-state index is 12.1. The zero-order chi connectivity index (χ0) is 21.3. The second-order valence-electron chi connectivity index (χ2n) is 6.30. The van der Waals surface area contributed by atoms with Crippen molar-refractivity contribution >= 4 is 26.1 Å². The van der Waals surface area contributed by atoms with Gasteiger partial charge in [0, 0.05) is 25.0 Å². The summed E-state index contributed by atoms with van der Waals surface area (Å²) in [6, 6.07) is 1.09. The maximum absolute atomic E-state index is 12.1. The molecule has 1 saturated heterocycles. The van der Waals surface area contributed by atoms with Crippen LogP contribution in [0.1, 0.15) is 20.1 Å². The van der Waals surface area contributed by atoms with Gasteiger partial charge < -0.3 is 28.7 Å². The van der Waals surface area contributed by atoms with Gasteiger partial charge in [-0.15, -0.1) is 0 Å². The third-order valence-electron chi connectivity index (χ3n) is 4.02. The van der Waals surface area contributed by atoms with Crippen molar-refractivity contribution in [3.05, 3.63) is 33.1 Å². The van der Waals surface area contributed by atoms with Crippen LogP contribution in [0.4, 0.5) is 0 Å². The molecule has 1 fully saturated rings. The molecule has 1 aromatic rings. The number of phosphoric ester groups is 1. The lowest BCUT2D eigenvalue weighted by atomic mass is 10.1.